The van der Waals surface area contributed by atoms with Gasteiger partial charge in [-0.3, -0.25) is 28.8 Å². The zero-order chi connectivity index (χ0) is 22.5. The van der Waals surface area contributed by atoms with Crippen molar-refractivity contribution >= 4 is 23.4 Å². The van der Waals surface area contributed by atoms with Crippen molar-refractivity contribution in [3.05, 3.63) is 56.7 Å². The number of rotatable bonds is 9. The molecular weight excluding hydrogens is 404 g/mol. The number of carbonyl (C=O) groups is 2. The van der Waals surface area contributed by atoms with Crippen LogP contribution in [0.4, 0.5) is 11.5 Å². The molecule has 1 aliphatic rings. The number of nitrogens with two attached hydrogens (primary N) is 1. The standard InChI is InChI=1S/C21H26N4O6/c1-13-10-15(13)20(28)31-12-16(26)24(8-9-30-2)17-18(22)25(21(29)23-19(17)27)11-14-6-4-3-5-7-14/h3-7,13,15H,8-12,22H2,1-2H3,(H,23,27,29)/t13-,15+/m1/s1. The van der Waals surface area contributed by atoms with Crippen LogP contribution in [-0.2, 0) is 25.6 Å². The number of aromatic nitrogens is 2. The summed E-state index contributed by atoms with van der Waals surface area (Å²) < 4.78 is 11.3. The molecule has 1 saturated carbocycles. The van der Waals surface area contributed by atoms with Crippen molar-refractivity contribution in [1.29, 1.82) is 0 Å². The Kier molecular flexibility index (Phi) is 6.91. The number of aromatic amines is 1. The van der Waals surface area contributed by atoms with Crippen molar-refractivity contribution in [2.45, 2.75) is 19.9 Å². The minimum Gasteiger partial charge on any atom is -0.455 e. The van der Waals surface area contributed by atoms with Crippen molar-refractivity contribution in [3.8, 4) is 0 Å². The number of hydrogen-bond donors (Lipinski definition) is 2. The summed E-state index contributed by atoms with van der Waals surface area (Å²) in [5, 5.41) is 0. The quantitative estimate of drug-likeness (QED) is 0.548. The molecule has 2 aromatic rings. The maximum Gasteiger partial charge on any atom is 0.330 e. The average Bonchev–Trinajstić information content (AvgIpc) is 3.48. The molecule has 0 spiro atoms. The highest BCUT2D eigenvalue weighted by Gasteiger charge is 2.41. The van der Waals surface area contributed by atoms with Crippen LogP contribution in [0.3, 0.4) is 0 Å². The molecule has 10 nitrogen and oxygen atoms in total. The number of carbonyl (C=O) groups excluding carboxylic acids is 2. The topological polar surface area (TPSA) is 137 Å². The van der Waals surface area contributed by atoms with Gasteiger partial charge in [0.05, 0.1) is 19.1 Å². The number of H-pyrrole nitrogens is 1. The number of nitrogens with zero attached hydrogens (tertiary/aromatic N) is 2. The lowest BCUT2D eigenvalue weighted by Crippen LogP contribution is -2.44. The van der Waals surface area contributed by atoms with Gasteiger partial charge in [0.2, 0.25) is 0 Å². The van der Waals surface area contributed by atoms with Gasteiger partial charge < -0.3 is 15.2 Å². The summed E-state index contributed by atoms with van der Waals surface area (Å²) in [5.74, 6) is -1.19. The van der Waals surface area contributed by atoms with E-state index in [0.717, 1.165) is 16.9 Å². The van der Waals surface area contributed by atoms with E-state index in [0.29, 0.717) is 0 Å². The van der Waals surface area contributed by atoms with Gasteiger partial charge in [0.15, 0.2) is 12.3 Å². The predicted molar refractivity (Wildman–Crippen MR) is 114 cm³/mol. The summed E-state index contributed by atoms with van der Waals surface area (Å²) in [5.41, 5.74) is 5.28. The molecule has 1 amide bonds. The molecular formula is C21H26N4O6. The molecule has 0 unspecified atom stereocenters. The van der Waals surface area contributed by atoms with E-state index in [1.165, 1.54) is 11.7 Å². The van der Waals surface area contributed by atoms with E-state index in [1.54, 1.807) is 0 Å². The molecule has 1 fully saturated rings. The predicted octanol–water partition coefficient (Wildman–Crippen LogP) is 0.346. The highest BCUT2D eigenvalue weighted by Crippen LogP contribution is 2.38. The second-order valence-corrected chi connectivity index (χ2v) is 7.53. The van der Waals surface area contributed by atoms with Crippen LogP contribution in [0, 0.1) is 11.8 Å². The van der Waals surface area contributed by atoms with Gasteiger partial charge in [0, 0.05) is 13.7 Å². The lowest BCUT2D eigenvalue weighted by Gasteiger charge is -2.24. The zero-order valence-corrected chi connectivity index (χ0v) is 17.5. The molecule has 3 rings (SSSR count). The van der Waals surface area contributed by atoms with E-state index in [-0.39, 0.29) is 43.0 Å². The highest BCUT2D eigenvalue weighted by molar-refractivity contribution is 5.97. The first-order valence-electron chi connectivity index (χ1n) is 9.96. The van der Waals surface area contributed by atoms with Gasteiger partial charge in [-0.1, -0.05) is 37.3 Å². The lowest BCUT2D eigenvalue weighted by atomic mass is 10.2. The van der Waals surface area contributed by atoms with Crippen molar-refractivity contribution < 1.29 is 19.1 Å². The first-order chi connectivity index (χ1) is 14.8. The van der Waals surface area contributed by atoms with Crippen LogP contribution in [0.5, 0.6) is 0 Å². The molecule has 0 bridgehead atoms. The molecule has 0 radical (unpaired) electrons. The number of anilines is 2. The van der Waals surface area contributed by atoms with Crippen LogP contribution in [0.25, 0.3) is 0 Å². The van der Waals surface area contributed by atoms with Crippen molar-refractivity contribution in [3.63, 3.8) is 0 Å². The fourth-order valence-corrected chi connectivity index (χ4v) is 3.27. The zero-order valence-electron chi connectivity index (χ0n) is 17.5. The van der Waals surface area contributed by atoms with E-state index in [2.05, 4.69) is 4.98 Å². The molecule has 1 aliphatic carbocycles. The molecule has 3 N–H and O–H groups in total. The van der Waals surface area contributed by atoms with Crippen molar-refractivity contribution in [2.24, 2.45) is 11.8 Å². The molecule has 166 valence electrons. The van der Waals surface area contributed by atoms with Crippen LogP contribution >= 0.6 is 0 Å². The molecule has 1 aromatic heterocycles. The van der Waals surface area contributed by atoms with Gasteiger partial charge in [-0.15, -0.1) is 0 Å². The summed E-state index contributed by atoms with van der Waals surface area (Å²) in [7, 11) is 1.45. The van der Waals surface area contributed by atoms with E-state index < -0.39 is 29.7 Å². The first-order valence-corrected chi connectivity index (χ1v) is 9.96. The third kappa shape index (κ3) is 5.21. The average molecular weight is 430 g/mol. The molecule has 2 atom stereocenters. The fraction of sp³-hybridized carbons (Fsp3) is 0.429. The third-order valence-electron chi connectivity index (χ3n) is 5.24. The maximum atomic E-state index is 12.8. The summed E-state index contributed by atoms with van der Waals surface area (Å²) in [6, 6.07) is 9.08. The number of methoxy groups -OCH3 is 1. The van der Waals surface area contributed by atoms with E-state index in [4.69, 9.17) is 15.2 Å². The number of nitrogen functional groups attached to an aromatic ring is 1. The van der Waals surface area contributed by atoms with Gasteiger partial charge in [-0.05, 0) is 17.9 Å². The van der Waals surface area contributed by atoms with Crippen LogP contribution in [0.2, 0.25) is 0 Å². The Morgan fingerprint density at radius 3 is 2.55 bits per heavy atom. The number of esters is 1. The fourth-order valence-electron chi connectivity index (χ4n) is 3.27. The molecule has 0 saturated heterocycles. The largest absolute Gasteiger partial charge is 0.455 e. The van der Waals surface area contributed by atoms with Gasteiger partial charge >= 0.3 is 11.7 Å². The van der Waals surface area contributed by atoms with E-state index in [1.807, 2.05) is 37.3 Å². The van der Waals surface area contributed by atoms with Crippen molar-refractivity contribution in [2.75, 3.05) is 37.5 Å². The minimum atomic E-state index is -0.807. The van der Waals surface area contributed by atoms with Gasteiger partial charge in [-0.25, -0.2) is 4.79 Å². The number of benzene rings is 1. The second kappa shape index (κ2) is 9.61. The van der Waals surface area contributed by atoms with E-state index in [9.17, 15) is 19.2 Å². The first kappa shape index (κ1) is 22.3. The summed E-state index contributed by atoms with van der Waals surface area (Å²) in [6.45, 7) is 1.59. The van der Waals surface area contributed by atoms with Crippen molar-refractivity contribution in [1.82, 2.24) is 9.55 Å². The molecule has 10 heteroatoms. The van der Waals surface area contributed by atoms with Crippen LogP contribution in [0.15, 0.2) is 39.9 Å². The summed E-state index contributed by atoms with van der Waals surface area (Å²) in [6.07, 6.45) is 0.734. The normalized spacial score (nSPS) is 17.2. The van der Waals surface area contributed by atoms with Gasteiger partial charge in [0.25, 0.3) is 11.5 Å². The molecule has 31 heavy (non-hydrogen) atoms. The van der Waals surface area contributed by atoms with Crippen LogP contribution in [0.1, 0.15) is 18.9 Å². The molecule has 0 aliphatic heterocycles. The van der Waals surface area contributed by atoms with Crippen LogP contribution in [-0.4, -0.2) is 48.3 Å². The third-order valence-corrected chi connectivity index (χ3v) is 5.24. The second-order valence-electron chi connectivity index (χ2n) is 7.53. The molecule has 1 heterocycles. The highest BCUT2D eigenvalue weighted by atomic mass is 16.5. The Bertz CT molecular complexity index is 1060. The molecule has 1 aromatic carbocycles. The Labute approximate surface area is 178 Å². The van der Waals surface area contributed by atoms with Gasteiger partial charge in [-0.2, -0.15) is 0 Å². The summed E-state index contributed by atoms with van der Waals surface area (Å²) >= 11 is 0. The maximum absolute atomic E-state index is 12.8. The monoisotopic (exact) mass is 430 g/mol. The number of nitrogens with one attached hydrogen (secondary N) is 1. The lowest BCUT2D eigenvalue weighted by molar-refractivity contribution is -0.149. The smallest absolute Gasteiger partial charge is 0.330 e. The Hall–Kier alpha value is -3.40. The Balaban J connectivity index is 1.89. The number of ether oxygens (including phenoxy) is 2. The van der Waals surface area contributed by atoms with Gasteiger partial charge in [0.1, 0.15) is 5.82 Å². The minimum absolute atomic E-state index is 0.0104. The van der Waals surface area contributed by atoms with Crippen LogP contribution < -0.4 is 21.9 Å². The SMILES string of the molecule is COCCN(C(=O)COC(=O)[C@H]1C[C@H]1C)c1c(N)n(Cc2ccccc2)c(=O)[nH]c1=O. The Morgan fingerprint density at radius 2 is 1.94 bits per heavy atom. The number of hydrogen-bond acceptors (Lipinski definition) is 7. The Morgan fingerprint density at radius 1 is 1.26 bits per heavy atom. The van der Waals surface area contributed by atoms with E-state index >= 15 is 0 Å². The number of amides is 1. The summed E-state index contributed by atoms with van der Waals surface area (Å²) in [4.78, 5) is 53.1.